The van der Waals surface area contributed by atoms with E-state index < -0.39 is 0 Å². The quantitative estimate of drug-likeness (QED) is 0.555. The van der Waals surface area contributed by atoms with Crippen LogP contribution < -0.4 is 0.431 Å². The summed E-state index contributed by atoms with van der Waals surface area (Å²) < 4.78 is 3.50. The predicted molar refractivity (Wildman–Crippen MR) is 63.7 cm³/mol. The Morgan fingerprint density at radius 2 is 2.19 bits per heavy atom. The monoisotopic (exact) mass is 494 g/mol. The van der Waals surface area contributed by atoms with E-state index in [4.69, 9.17) is 4.98 Å². The van der Waals surface area contributed by atoms with Crippen LogP contribution in [0.1, 0.15) is 10.2 Å². The number of aryl methyl sites for hydroxylation is 1. The average molecular weight is 495 g/mol. The van der Waals surface area contributed by atoms with Crippen molar-refractivity contribution in [2.75, 3.05) is 6.98 Å². The van der Waals surface area contributed by atoms with Crippen LogP contribution in [0.4, 0.5) is 5.69 Å². The van der Waals surface area contributed by atoms with E-state index in [9.17, 15) is 0 Å². The number of fused-ring (bicyclic) bond motifs is 3. The number of rotatable bonds is 0. The molecule has 1 aromatic carbocycles. The van der Waals surface area contributed by atoms with Crippen LogP contribution >= 0.6 is 0 Å². The van der Waals surface area contributed by atoms with Crippen LogP contribution in [0.15, 0.2) is 24.3 Å². The van der Waals surface area contributed by atoms with E-state index in [1.54, 1.807) is 5.56 Å². The Hall–Kier alpha value is 1.70. The topological polar surface area (TPSA) is 16.1 Å². The fraction of sp³-hybridized carbons (Fsp3) is 0.250. The van der Waals surface area contributed by atoms with E-state index in [2.05, 4.69) is 31.6 Å². The molecule has 1 unspecified atom stereocenters. The number of nitrogens with zero attached hydrogens (tertiary/aromatic N) is 2. The number of benzene rings is 1. The van der Waals surface area contributed by atoms with Gasteiger partial charge in [0.2, 0.25) is 0 Å². The summed E-state index contributed by atoms with van der Waals surface area (Å²) in [4.78, 5) is 4.76. The van der Waals surface area contributed by atoms with Gasteiger partial charge in [0, 0.05) is 0 Å². The number of aromatic nitrogens is 1. The fourth-order valence-corrected chi connectivity index (χ4v) is 17.6. The SMILES string of the molecule is Cc1nc2ccccc2c2c1[CH]([Rb])C[N]2[RaH]. The summed E-state index contributed by atoms with van der Waals surface area (Å²) >= 11 is 1.11. The first-order valence-electron chi connectivity index (χ1n) is 5.79. The standard InChI is InChI=1S/C12H10N2.Ra.Rb.H/c1-8-9-6-7-13-12(9)10-4-2-3-5-11(10)14-8;;;/h2-6H,7H2,1H3;;;/q-1;+1;;. The predicted octanol–water partition coefficient (Wildman–Crippen LogP) is 1.77. The number of anilines is 1. The molecule has 0 amide bonds. The molecule has 2 aromatic rings. The summed E-state index contributed by atoms with van der Waals surface area (Å²) in [6, 6.07) is 8.60. The van der Waals surface area contributed by atoms with Gasteiger partial charge < -0.3 is 0 Å². The molecule has 0 N–H and O–H groups in total. The summed E-state index contributed by atoms with van der Waals surface area (Å²) in [6.07, 6.45) is 0. The fourth-order valence-electron chi connectivity index (χ4n) is 2.92. The third-order valence-corrected chi connectivity index (χ3v) is 9.17. The van der Waals surface area contributed by atoms with Crippen molar-refractivity contribution in [1.29, 1.82) is 0 Å². The van der Waals surface area contributed by atoms with Crippen molar-refractivity contribution in [3.8, 4) is 0 Å². The minimum absolute atomic E-state index is 0.416. The molecule has 3 rings (SSSR count). The van der Waals surface area contributed by atoms with Gasteiger partial charge in [-0.25, -0.2) is 0 Å². The van der Waals surface area contributed by atoms with Crippen LogP contribution in [0.5, 0.6) is 0 Å². The van der Waals surface area contributed by atoms with E-state index in [-0.39, 0.29) is 0 Å². The first-order valence-corrected chi connectivity index (χ1v) is 12.3. The van der Waals surface area contributed by atoms with Gasteiger partial charge in [0.25, 0.3) is 0 Å². The summed E-state index contributed by atoms with van der Waals surface area (Å²) in [6.45, 7) is 3.48. The normalized spacial score (nSPS) is 19.1. The molecule has 2 nitrogen and oxygen atoms in total. The Labute approximate surface area is 164 Å². The van der Waals surface area contributed by atoms with Gasteiger partial charge in [0.05, 0.1) is 0 Å². The van der Waals surface area contributed by atoms with Gasteiger partial charge in [-0.1, -0.05) is 0 Å². The molecule has 0 radical (unpaired) electrons. The molecule has 2 heterocycles. The molecule has 16 heavy (non-hydrogen) atoms. The van der Waals surface area contributed by atoms with Gasteiger partial charge in [-0.2, -0.15) is 0 Å². The van der Waals surface area contributed by atoms with Crippen LogP contribution in [0, 0.1) is 50.1 Å². The van der Waals surface area contributed by atoms with Gasteiger partial charge in [-0.3, -0.25) is 0 Å². The zero-order valence-corrected chi connectivity index (χ0v) is 23.1. The van der Waals surface area contributed by atoms with Crippen LogP contribution in [0.25, 0.3) is 10.9 Å². The van der Waals surface area contributed by atoms with E-state index in [0.717, 1.165) is -1.01 Å². The zero-order valence-electron chi connectivity index (χ0n) is 9.99. The molecule has 1 aliphatic heterocycles. The third kappa shape index (κ3) is 2.05. The number of hydrogen-bond donors (Lipinski definition) is 0. The van der Waals surface area contributed by atoms with Gasteiger partial charge in [0.1, 0.15) is 0 Å². The Balaban J connectivity index is 2.44. The van der Waals surface area contributed by atoms with Gasteiger partial charge in [-0.05, 0) is 0 Å². The zero-order chi connectivity index (χ0) is 11.3. The van der Waals surface area contributed by atoms with Gasteiger partial charge in [0.15, 0.2) is 0 Å². The van der Waals surface area contributed by atoms with Crippen LogP contribution in [0.2, 0.25) is 0 Å². The molecule has 0 spiro atoms. The van der Waals surface area contributed by atoms with Crippen molar-refractivity contribution in [3.05, 3.63) is 35.5 Å². The van der Waals surface area contributed by atoms with E-state index in [0.29, 0.717) is 98.7 Å². The Bertz CT molecular complexity index is 570. The Morgan fingerprint density at radius 1 is 1.44 bits per heavy atom. The second-order valence-corrected chi connectivity index (χ2v) is 12.6. The second-order valence-electron chi connectivity index (χ2n) is 4.76. The van der Waals surface area contributed by atoms with Gasteiger partial charge >= 0.3 is 169 Å². The summed E-state index contributed by atoms with van der Waals surface area (Å²) in [7, 11) is 0. The molecule has 0 aliphatic carbocycles. The number of para-hydroxylation sites is 1. The molecule has 0 fully saturated rings. The van der Waals surface area contributed by atoms with Crippen molar-refractivity contribution < 1.29 is 43.2 Å². The molecule has 1 aromatic heterocycles. The Kier molecular flexibility index (Phi) is 3.97. The second kappa shape index (κ2) is 5.00. The van der Waals surface area contributed by atoms with Crippen LogP contribution in [-0.2, 0) is 0 Å². The van der Waals surface area contributed by atoms with E-state index in [1.807, 2.05) is 0 Å². The van der Waals surface area contributed by atoms with Crippen molar-refractivity contribution in [2.24, 2.45) is 0 Å². The molecule has 72 valence electrons. The summed E-state index contributed by atoms with van der Waals surface area (Å²) in [5.41, 5.74) is 5.57. The molecule has 1 atom stereocenters. The minimum atomic E-state index is 0.416. The molecular weight excluding hydrogens is 484 g/mol. The molecule has 1 aliphatic rings. The summed E-state index contributed by atoms with van der Waals surface area (Å²) in [5, 5.41) is 1.38. The molecular formula is C12H11N2RaRb. The van der Waals surface area contributed by atoms with Gasteiger partial charge in [-0.15, -0.1) is 0 Å². The molecule has 0 saturated heterocycles. The molecule has 0 bridgehead atoms. The van der Waals surface area contributed by atoms with E-state index in [1.165, 1.54) is 28.8 Å². The number of pyridine rings is 1. The maximum atomic E-state index is 4.76. The van der Waals surface area contributed by atoms with E-state index >= 15 is 0 Å². The first kappa shape index (κ1) is 12.7. The van der Waals surface area contributed by atoms with Crippen molar-refractivity contribution in [2.45, 2.75) is 5.91 Å². The first-order chi connectivity index (χ1) is 7.68. The average Bonchev–Trinajstić information content (AvgIpc) is 2.55. The van der Waals surface area contributed by atoms with Crippen LogP contribution in [-0.4, -0.2) is 67.1 Å². The Morgan fingerprint density at radius 3 is 3.00 bits per heavy atom. The molecule has 0 saturated carbocycles. The molecule has 4 heteroatoms. The number of hydrogen-bond acceptors (Lipinski definition) is 2. The maximum absolute atomic E-state index is 4.76. The third-order valence-electron chi connectivity index (χ3n) is 3.51. The van der Waals surface area contributed by atoms with Crippen LogP contribution in [0.3, 0.4) is 0 Å². The van der Waals surface area contributed by atoms with Crippen molar-refractivity contribution >= 4 is 72.1 Å². The van der Waals surface area contributed by atoms with Crippen molar-refractivity contribution in [1.82, 2.24) is 4.98 Å². The summed E-state index contributed by atoms with van der Waals surface area (Å²) in [5.74, 6) is 0. The van der Waals surface area contributed by atoms with Crippen molar-refractivity contribution in [3.63, 3.8) is 0 Å².